The predicted molar refractivity (Wildman–Crippen MR) is 106 cm³/mol. The van der Waals surface area contributed by atoms with E-state index in [9.17, 15) is 14.4 Å². The van der Waals surface area contributed by atoms with Gasteiger partial charge in [-0.15, -0.1) is 6.58 Å². The molecule has 0 amide bonds. The van der Waals surface area contributed by atoms with Crippen LogP contribution >= 0.6 is 0 Å². The fourth-order valence-electron chi connectivity index (χ4n) is 2.35. The fraction of sp³-hybridized carbons (Fsp3) is 0.500. The first-order valence-corrected chi connectivity index (χ1v) is 8.99. The molecule has 1 aromatic heterocycles. The number of aromatic nitrogens is 3. The Morgan fingerprint density at radius 2 is 1.23 bits per heavy atom. The van der Waals surface area contributed by atoms with E-state index in [1.807, 2.05) is 0 Å². The van der Waals surface area contributed by atoms with E-state index in [-0.39, 0.29) is 52.9 Å². The Morgan fingerprint density at radius 1 is 0.800 bits per heavy atom. The van der Waals surface area contributed by atoms with Crippen LogP contribution in [0.15, 0.2) is 52.7 Å². The van der Waals surface area contributed by atoms with E-state index in [0.29, 0.717) is 0 Å². The minimum atomic E-state index is -0.814. The molecule has 1 aromatic rings. The van der Waals surface area contributed by atoms with Gasteiger partial charge in [-0.1, -0.05) is 19.2 Å². The van der Waals surface area contributed by atoms with Gasteiger partial charge in [-0.3, -0.25) is 5.26 Å². The van der Waals surface area contributed by atoms with Crippen molar-refractivity contribution >= 4 is 0 Å². The lowest BCUT2D eigenvalue weighted by Gasteiger charge is -2.15. The van der Waals surface area contributed by atoms with Gasteiger partial charge in [0, 0.05) is 6.54 Å². The summed E-state index contributed by atoms with van der Waals surface area (Å²) in [6, 6.07) is 0. The molecular formula is C18H27N3O9. The number of rotatable bonds is 17. The van der Waals surface area contributed by atoms with Crippen LogP contribution in [0.25, 0.3) is 0 Å². The smallest absolute Gasteiger partial charge is 0.336 e. The molecule has 0 aliphatic carbocycles. The zero-order valence-electron chi connectivity index (χ0n) is 16.6. The zero-order valence-corrected chi connectivity index (χ0v) is 16.6. The Morgan fingerprint density at radius 3 is 1.60 bits per heavy atom. The lowest BCUT2D eigenvalue weighted by Crippen LogP contribution is -2.55. The molecule has 0 fully saturated rings. The Kier molecular flexibility index (Phi) is 11.8. The summed E-state index contributed by atoms with van der Waals surface area (Å²) < 4.78 is 22.5. The molecule has 1 heterocycles. The van der Waals surface area contributed by atoms with Crippen LogP contribution in [-0.4, -0.2) is 51.9 Å². The largest absolute Gasteiger partial charge is 0.476 e. The molecule has 0 aliphatic heterocycles. The maximum absolute atomic E-state index is 12.7. The molecule has 12 heteroatoms. The van der Waals surface area contributed by atoms with Gasteiger partial charge in [0.25, 0.3) is 0 Å². The van der Waals surface area contributed by atoms with Crippen molar-refractivity contribution in [2.45, 2.75) is 32.2 Å². The van der Waals surface area contributed by atoms with Crippen molar-refractivity contribution in [1.29, 1.82) is 0 Å². The molecule has 30 heavy (non-hydrogen) atoms. The van der Waals surface area contributed by atoms with Gasteiger partial charge < -0.3 is 18.9 Å². The maximum Gasteiger partial charge on any atom is 0.336 e. The first-order valence-electron chi connectivity index (χ1n) is 8.99. The lowest BCUT2D eigenvalue weighted by atomic mass is 10.2. The standard InChI is InChI=1S/C18H27N3O9/c1-4-15(30-25)7-8-19-16(22)20(9-11-28-13-26-5-2)18(24)21(17(19)23)10-12-29-14-27-6-3/h4-6,15,25H,1-3,7-14H2. The molecule has 0 aliphatic rings. The minimum Gasteiger partial charge on any atom is -0.476 e. The molecular weight excluding hydrogens is 402 g/mol. The molecule has 0 saturated heterocycles. The van der Waals surface area contributed by atoms with E-state index in [1.165, 1.54) is 18.6 Å². The van der Waals surface area contributed by atoms with E-state index in [0.717, 1.165) is 13.7 Å². The van der Waals surface area contributed by atoms with Crippen molar-refractivity contribution in [3.63, 3.8) is 0 Å². The first kappa shape index (κ1) is 25.1. The Balaban J connectivity index is 3.13. The van der Waals surface area contributed by atoms with Crippen LogP contribution in [0.5, 0.6) is 0 Å². The summed E-state index contributed by atoms with van der Waals surface area (Å²) in [5.41, 5.74) is -2.43. The van der Waals surface area contributed by atoms with Crippen LogP contribution in [0.2, 0.25) is 0 Å². The second-order valence-electron chi connectivity index (χ2n) is 5.69. The highest BCUT2D eigenvalue weighted by molar-refractivity contribution is 4.83. The van der Waals surface area contributed by atoms with Crippen molar-refractivity contribution in [2.75, 3.05) is 26.8 Å². The molecule has 1 rings (SSSR count). The SMILES string of the molecule is C=COCOCCn1c(=O)n(CCOCOC=C)c(=O)n(CCC(C=C)OO)c1=O. The Hall–Kier alpha value is -2.93. The molecule has 0 aromatic carbocycles. The lowest BCUT2D eigenvalue weighted by molar-refractivity contribution is -0.267. The van der Waals surface area contributed by atoms with Gasteiger partial charge in [-0.05, 0) is 6.42 Å². The molecule has 0 bridgehead atoms. The fourth-order valence-corrected chi connectivity index (χ4v) is 2.35. The van der Waals surface area contributed by atoms with Crippen molar-refractivity contribution in [2.24, 2.45) is 0 Å². The van der Waals surface area contributed by atoms with Crippen LogP contribution in [-0.2, 0) is 43.5 Å². The van der Waals surface area contributed by atoms with E-state index in [1.54, 1.807) is 0 Å². The van der Waals surface area contributed by atoms with Gasteiger partial charge in [0.1, 0.15) is 6.10 Å². The van der Waals surface area contributed by atoms with Gasteiger partial charge in [-0.2, -0.15) is 0 Å². The number of ether oxygens (including phenoxy) is 4. The number of hydrogen-bond donors (Lipinski definition) is 1. The summed E-state index contributed by atoms with van der Waals surface area (Å²) in [5, 5.41) is 8.80. The van der Waals surface area contributed by atoms with E-state index >= 15 is 0 Å². The molecule has 0 spiro atoms. The molecule has 1 N–H and O–H groups in total. The summed E-state index contributed by atoms with van der Waals surface area (Å²) in [6.45, 7) is 9.65. The molecule has 168 valence electrons. The summed E-state index contributed by atoms with van der Waals surface area (Å²) in [6.07, 6.45) is 2.99. The molecule has 0 saturated carbocycles. The summed E-state index contributed by atoms with van der Waals surface area (Å²) in [5.74, 6) is 0. The Labute approximate surface area is 172 Å². The maximum atomic E-state index is 12.7. The van der Waals surface area contributed by atoms with Crippen molar-refractivity contribution in [3.8, 4) is 0 Å². The topological polar surface area (TPSA) is 132 Å². The summed E-state index contributed by atoms with van der Waals surface area (Å²) >= 11 is 0. The van der Waals surface area contributed by atoms with Crippen LogP contribution in [0, 0.1) is 0 Å². The summed E-state index contributed by atoms with van der Waals surface area (Å²) in [4.78, 5) is 42.3. The highest BCUT2D eigenvalue weighted by Crippen LogP contribution is 1.98. The van der Waals surface area contributed by atoms with Gasteiger partial charge in [-0.25, -0.2) is 33.0 Å². The normalized spacial score (nSPS) is 11.6. The van der Waals surface area contributed by atoms with Crippen LogP contribution < -0.4 is 17.1 Å². The zero-order chi connectivity index (χ0) is 22.4. The third kappa shape index (κ3) is 7.48. The van der Waals surface area contributed by atoms with Gasteiger partial charge >= 0.3 is 17.1 Å². The van der Waals surface area contributed by atoms with Crippen molar-refractivity contribution < 1.29 is 29.1 Å². The first-order chi connectivity index (χ1) is 14.5. The minimum absolute atomic E-state index is 0.0140. The third-order valence-corrected chi connectivity index (χ3v) is 3.88. The highest BCUT2D eigenvalue weighted by Gasteiger charge is 2.16. The Bertz CT molecular complexity index is 800. The average molecular weight is 429 g/mol. The second-order valence-corrected chi connectivity index (χ2v) is 5.69. The van der Waals surface area contributed by atoms with E-state index < -0.39 is 23.2 Å². The van der Waals surface area contributed by atoms with Crippen molar-refractivity contribution in [1.82, 2.24) is 13.7 Å². The van der Waals surface area contributed by atoms with Crippen LogP contribution in [0.1, 0.15) is 6.42 Å². The monoisotopic (exact) mass is 429 g/mol. The van der Waals surface area contributed by atoms with Gasteiger partial charge in [0.05, 0.1) is 38.8 Å². The number of nitrogens with zero attached hydrogens (tertiary/aromatic N) is 3. The van der Waals surface area contributed by atoms with E-state index in [2.05, 4.69) is 24.6 Å². The predicted octanol–water partition coefficient (Wildman–Crippen LogP) is -0.126. The van der Waals surface area contributed by atoms with Crippen LogP contribution in [0.4, 0.5) is 0 Å². The average Bonchev–Trinajstić information content (AvgIpc) is 2.74. The second kappa shape index (κ2) is 14.1. The molecule has 1 unspecified atom stereocenters. The van der Waals surface area contributed by atoms with Gasteiger partial charge in [0.15, 0.2) is 13.6 Å². The molecule has 12 nitrogen and oxygen atoms in total. The van der Waals surface area contributed by atoms with Crippen molar-refractivity contribution in [3.05, 3.63) is 69.8 Å². The van der Waals surface area contributed by atoms with Gasteiger partial charge in [0.2, 0.25) is 0 Å². The molecule has 0 radical (unpaired) electrons. The summed E-state index contributed by atoms with van der Waals surface area (Å²) in [7, 11) is 0. The quantitative estimate of drug-likeness (QED) is 0.0898. The number of hydrogen-bond acceptors (Lipinski definition) is 9. The highest BCUT2D eigenvalue weighted by atomic mass is 17.1. The van der Waals surface area contributed by atoms with E-state index in [4.69, 9.17) is 24.2 Å². The molecule has 1 atom stereocenters. The van der Waals surface area contributed by atoms with Crippen LogP contribution in [0.3, 0.4) is 0 Å². The third-order valence-electron chi connectivity index (χ3n) is 3.88.